The lowest BCUT2D eigenvalue weighted by Crippen LogP contribution is -2.12. The minimum absolute atomic E-state index is 0.239. The molecule has 2 heterocycles. The Hall–Kier alpha value is -3.09. The Morgan fingerprint density at radius 3 is 2.50 bits per heavy atom. The van der Waals surface area contributed by atoms with E-state index in [2.05, 4.69) is 10.3 Å². The normalized spacial score (nSPS) is 10.9. The maximum atomic E-state index is 13.2. The molecule has 0 atom stereocenters. The van der Waals surface area contributed by atoms with E-state index in [0.29, 0.717) is 28.9 Å². The molecule has 1 amide bonds. The van der Waals surface area contributed by atoms with Crippen molar-refractivity contribution < 1.29 is 13.9 Å². The summed E-state index contributed by atoms with van der Waals surface area (Å²) in [4.78, 5) is 17.0. The standard InChI is InChI=1S/C22H16Cl2FN3O2/c1-30-15-6-7-20-16(8-15)17(12-28(20)11-13-2-4-14(25)5-3-13)22(29)27-21-18(23)9-26-10-19(21)24/h2-10,12H,11H2,1H3,(H,26,27,29). The number of anilines is 1. The van der Waals surface area contributed by atoms with E-state index in [-0.39, 0.29) is 21.8 Å². The first-order chi connectivity index (χ1) is 14.5. The second kappa shape index (κ2) is 8.34. The molecule has 0 aliphatic carbocycles. The Bertz CT molecular complexity index is 1220. The van der Waals surface area contributed by atoms with Crippen molar-refractivity contribution in [2.75, 3.05) is 12.4 Å². The molecule has 0 aliphatic rings. The van der Waals surface area contributed by atoms with Crippen LogP contribution in [-0.4, -0.2) is 22.6 Å². The molecule has 2 aromatic carbocycles. The monoisotopic (exact) mass is 443 g/mol. The average molecular weight is 444 g/mol. The number of carbonyl (C=O) groups is 1. The van der Waals surface area contributed by atoms with Crippen LogP contribution in [-0.2, 0) is 6.54 Å². The zero-order valence-electron chi connectivity index (χ0n) is 15.8. The Morgan fingerprint density at radius 1 is 1.13 bits per heavy atom. The number of rotatable bonds is 5. The molecule has 0 bridgehead atoms. The number of nitrogens with zero attached hydrogens (tertiary/aromatic N) is 2. The van der Waals surface area contributed by atoms with Gasteiger partial charge in [0.2, 0.25) is 0 Å². The van der Waals surface area contributed by atoms with Crippen LogP contribution in [0, 0.1) is 5.82 Å². The van der Waals surface area contributed by atoms with Gasteiger partial charge < -0.3 is 14.6 Å². The van der Waals surface area contributed by atoms with Crippen LogP contribution in [0.5, 0.6) is 5.75 Å². The number of nitrogens with one attached hydrogen (secondary N) is 1. The van der Waals surface area contributed by atoms with Gasteiger partial charge in [-0.1, -0.05) is 35.3 Å². The number of hydrogen-bond donors (Lipinski definition) is 1. The van der Waals surface area contributed by atoms with Gasteiger partial charge >= 0.3 is 0 Å². The summed E-state index contributed by atoms with van der Waals surface area (Å²) in [6, 6.07) is 11.7. The molecule has 0 saturated heterocycles. The minimum atomic E-state index is -0.374. The lowest BCUT2D eigenvalue weighted by atomic mass is 10.1. The smallest absolute Gasteiger partial charge is 0.257 e. The van der Waals surface area contributed by atoms with E-state index < -0.39 is 0 Å². The van der Waals surface area contributed by atoms with Crippen molar-refractivity contribution in [1.82, 2.24) is 9.55 Å². The third-order valence-corrected chi connectivity index (χ3v) is 5.26. The number of amides is 1. The fourth-order valence-electron chi connectivity index (χ4n) is 3.21. The SMILES string of the molecule is COc1ccc2c(c1)c(C(=O)Nc1c(Cl)cncc1Cl)cn2Cc1ccc(F)cc1. The van der Waals surface area contributed by atoms with Crippen molar-refractivity contribution in [2.45, 2.75) is 6.54 Å². The van der Waals surface area contributed by atoms with Gasteiger partial charge in [0.15, 0.2) is 0 Å². The molecule has 0 aliphatic heterocycles. The molecule has 2 aromatic heterocycles. The summed E-state index contributed by atoms with van der Waals surface area (Å²) < 4.78 is 20.5. The fourth-order valence-corrected chi connectivity index (χ4v) is 3.67. The average Bonchev–Trinajstić information content (AvgIpc) is 3.10. The molecular formula is C22H16Cl2FN3O2. The first kappa shape index (κ1) is 20.2. The zero-order valence-corrected chi connectivity index (χ0v) is 17.3. The molecule has 1 N–H and O–H groups in total. The van der Waals surface area contributed by atoms with Gasteiger partial charge in [0.05, 0.1) is 28.4 Å². The molecule has 152 valence electrons. The molecule has 0 fully saturated rings. The van der Waals surface area contributed by atoms with Crippen LogP contribution < -0.4 is 10.1 Å². The highest BCUT2D eigenvalue weighted by Crippen LogP contribution is 2.31. The molecule has 30 heavy (non-hydrogen) atoms. The molecule has 4 rings (SSSR count). The predicted molar refractivity (Wildman–Crippen MR) is 116 cm³/mol. The van der Waals surface area contributed by atoms with Crippen molar-refractivity contribution in [3.05, 3.63) is 88.0 Å². The highest BCUT2D eigenvalue weighted by atomic mass is 35.5. The molecular weight excluding hydrogens is 428 g/mol. The Kier molecular flexibility index (Phi) is 5.61. The van der Waals surface area contributed by atoms with Gasteiger partial charge in [0.1, 0.15) is 11.6 Å². The third kappa shape index (κ3) is 3.97. The summed E-state index contributed by atoms with van der Waals surface area (Å²) in [5.74, 6) is -0.0517. The molecule has 0 saturated carbocycles. The molecule has 0 radical (unpaired) electrons. The largest absolute Gasteiger partial charge is 0.497 e. The van der Waals surface area contributed by atoms with E-state index in [1.54, 1.807) is 31.5 Å². The van der Waals surface area contributed by atoms with Crippen LogP contribution >= 0.6 is 23.2 Å². The maximum absolute atomic E-state index is 13.2. The number of halogens is 3. The van der Waals surface area contributed by atoms with Gasteiger partial charge in [-0.05, 0) is 35.9 Å². The number of benzene rings is 2. The van der Waals surface area contributed by atoms with Gasteiger partial charge in [0, 0.05) is 36.0 Å². The topological polar surface area (TPSA) is 56.1 Å². The third-order valence-electron chi connectivity index (χ3n) is 4.69. The van der Waals surface area contributed by atoms with E-state index in [1.807, 2.05) is 16.7 Å². The van der Waals surface area contributed by atoms with E-state index in [9.17, 15) is 9.18 Å². The van der Waals surface area contributed by atoms with Crippen molar-refractivity contribution in [3.63, 3.8) is 0 Å². The van der Waals surface area contributed by atoms with Crippen LogP contribution in [0.1, 0.15) is 15.9 Å². The fraction of sp³-hybridized carbons (Fsp3) is 0.0909. The minimum Gasteiger partial charge on any atom is -0.497 e. The summed E-state index contributed by atoms with van der Waals surface area (Å²) in [5.41, 5.74) is 2.45. The lowest BCUT2D eigenvalue weighted by molar-refractivity contribution is 0.102. The first-order valence-electron chi connectivity index (χ1n) is 8.98. The van der Waals surface area contributed by atoms with Crippen LogP contribution in [0.15, 0.2) is 61.1 Å². The molecule has 0 unspecified atom stereocenters. The lowest BCUT2D eigenvalue weighted by Gasteiger charge is -2.08. The van der Waals surface area contributed by atoms with E-state index in [4.69, 9.17) is 27.9 Å². The van der Waals surface area contributed by atoms with Crippen molar-refractivity contribution >= 4 is 45.7 Å². The van der Waals surface area contributed by atoms with Crippen LogP contribution in [0.2, 0.25) is 10.0 Å². The van der Waals surface area contributed by atoms with Crippen molar-refractivity contribution in [3.8, 4) is 5.75 Å². The van der Waals surface area contributed by atoms with Crippen molar-refractivity contribution in [2.24, 2.45) is 0 Å². The first-order valence-corrected chi connectivity index (χ1v) is 9.73. The van der Waals surface area contributed by atoms with Gasteiger partial charge in [-0.15, -0.1) is 0 Å². The predicted octanol–water partition coefficient (Wildman–Crippen LogP) is 5.79. The summed E-state index contributed by atoms with van der Waals surface area (Å²) in [6.07, 6.45) is 4.56. The van der Waals surface area contributed by atoms with E-state index in [0.717, 1.165) is 11.1 Å². The quantitative estimate of drug-likeness (QED) is 0.424. The maximum Gasteiger partial charge on any atom is 0.257 e. The van der Waals surface area contributed by atoms with Crippen LogP contribution in [0.25, 0.3) is 10.9 Å². The number of carbonyl (C=O) groups excluding carboxylic acids is 1. The summed E-state index contributed by atoms with van der Waals surface area (Å²) in [7, 11) is 1.56. The highest BCUT2D eigenvalue weighted by molar-refractivity contribution is 6.39. The Labute approximate surface area is 182 Å². The summed E-state index contributed by atoms with van der Waals surface area (Å²) in [5, 5.41) is 3.95. The molecule has 8 heteroatoms. The Balaban J connectivity index is 1.76. The van der Waals surface area contributed by atoms with Gasteiger partial charge in [0.25, 0.3) is 5.91 Å². The van der Waals surface area contributed by atoms with Crippen LogP contribution in [0.4, 0.5) is 10.1 Å². The second-order valence-electron chi connectivity index (χ2n) is 6.61. The van der Waals surface area contributed by atoms with Gasteiger partial charge in [-0.25, -0.2) is 4.39 Å². The molecule has 5 nitrogen and oxygen atoms in total. The Morgan fingerprint density at radius 2 is 1.83 bits per heavy atom. The number of fused-ring (bicyclic) bond motifs is 1. The second-order valence-corrected chi connectivity index (χ2v) is 7.43. The van der Waals surface area contributed by atoms with Crippen LogP contribution in [0.3, 0.4) is 0 Å². The number of methoxy groups -OCH3 is 1. The van der Waals surface area contributed by atoms with Gasteiger partial charge in [-0.3, -0.25) is 9.78 Å². The molecule has 0 spiro atoms. The van der Waals surface area contributed by atoms with Crippen molar-refractivity contribution in [1.29, 1.82) is 0 Å². The van der Waals surface area contributed by atoms with E-state index >= 15 is 0 Å². The van der Waals surface area contributed by atoms with Gasteiger partial charge in [-0.2, -0.15) is 0 Å². The van der Waals surface area contributed by atoms with E-state index in [1.165, 1.54) is 24.5 Å². The number of hydrogen-bond acceptors (Lipinski definition) is 3. The summed E-state index contributed by atoms with van der Waals surface area (Å²) >= 11 is 12.3. The number of aromatic nitrogens is 2. The number of pyridine rings is 1. The highest BCUT2D eigenvalue weighted by Gasteiger charge is 2.18. The summed E-state index contributed by atoms with van der Waals surface area (Å²) in [6.45, 7) is 0.465. The zero-order chi connectivity index (χ0) is 21.3. The molecule has 4 aromatic rings. The number of ether oxygens (including phenoxy) is 1.